The first-order valence-corrected chi connectivity index (χ1v) is 15.6. The molecule has 0 fully saturated rings. The van der Waals surface area contributed by atoms with Gasteiger partial charge in [-0.2, -0.15) is 0 Å². The van der Waals surface area contributed by atoms with Gasteiger partial charge in [-0.3, -0.25) is 13.9 Å². The Hall–Kier alpha value is -2.92. The summed E-state index contributed by atoms with van der Waals surface area (Å²) >= 11 is 2.15. The smallest absolute Gasteiger partial charge is 0.264 e. The van der Waals surface area contributed by atoms with Crippen molar-refractivity contribution in [2.24, 2.45) is 0 Å². The first-order valence-electron chi connectivity index (χ1n) is 13.1. The van der Waals surface area contributed by atoms with Gasteiger partial charge in [-0.1, -0.05) is 61.9 Å². The summed E-state index contributed by atoms with van der Waals surface area (Å²) in [6.45, 7) is 7.45. The van der Waals surface area contributed by atoms with Crippen LogP contribution in [-0.2, 0) is 26.2 Å². The van der Waals surface area contributed by atoms with Crippen LogP contribution in [0.1, 0.15) is 44.7 Å². The number of amides is 2. The van der Waals surface area contributed by atoms with E-state index >= 15 is 0 Å². The fourth-order valence-electron chi connectivity index (χ4n) is 4.22. The molecule has 2 unspecified atom stereocenters. The van der Waals surface area contributed by atoms with Crippen LogP contribution in [0.15, 0.2) is 83.8 Å². The van der Waals surface area contributed by atoms with Crippen molar-refractivity contribution in [1.29, 1.82) is 0 Å². The number of hydrogen-bond acceptors (Lipinski definition) is 4. The summed E-state index contributed by atoms with van der Waals surface area (Å²) in [6.07, 6.45) is 1.14. The Bertz CT molecular complexity index is 1360. The maximum atomic E-state index is 14.1. The number of carbonyl (C=O) groups excluding carboxylic acids is 2. The highest BCUT2D eigenvalue weighted by Gasteiger charge is 2.33. The van der Waals surface area contributed by atoms with Crippen molar-refractivity contribution in [1.82, 2.24) is 10.2 Å². The van der Waals surface area contributed by atoms with E-state index in [9.17, 15) is 18.0 Å². The molecule has 0 aliphatic rings. The molecule has 0 spiro atoms. The van der Waals surface area contributed by atoms with Gasteiger partial charge in [0.05, 0.1) is 10.6 Å². The zero-order valence-corrected chi connectivity index (χ0v) is 25.8. The number of benzene rings is 3. The molecule has 2 atom stereocenters. The van der Waals surface area contributed by atoms with Gasteiger partial charge in [0.15, 0.2) is 0 Å². The Labute approximate surface area is 245 Å². The van der Waals surface area contributed by atoms with Gasteiger partial charge < -0.3 is 10.2 Å². The number of carbonyl (C=O) groups is 2. The van der Waals surface area contributed by atoms with Gasteiger partial charge in [-0.15, -0.1) is 0 Å². The second-order valence-electron chi connectivity index (χ2n) is 9.55. The summed E-state index contributed by atoms with van der Waals surface area (Å²) in [7, 11) is -4.07. The minimum absolute atomic E-state index is 0.0516. The van der Waals surface area contributed by atoms with Crippen molar-refractivity contribution in [3.8, 4) is 0 Å². The third-order valence-electron chi connectivity index (χ3n) is 6.55. The maximum absolute atomic E-state index is 14.1. The molecule has 7 nitrogen and oxygen atoms in total. The van der Waals surface area contributed by atoms with E-state index in [0.717, 1.165) is 25.4 Å². The predicted octanol–water partition coefficient (Wildman–Crippen LogP) is 5.52. The van der Waals surface area contributed by atoms with E-state index in [4.69, 9.17) is 0 Å². The molecule has 9 heteroatoms. The first kappa shape index (κ1) is 30.6. The van der Waals surface area contributed by atoms with Crippen molar-refractivity contribution in [2.75, 3.05) is 10.8 Å². The number of rotatable bonds is 12. The van der Waals surface area contributed by atoms with E-state index < -0.39 is 28.5 Å². The topological polar surface area (TPSA) is 86.8 Å². The van der Waals surface area contributed by atoms with Crippen LogP contribution in [0.4, 0.5) is 5.69 Å². The Balaban J connectivity index is 2.04. The lowest BCUT2D eigenvalue weighted by Crippen LogP contribution is -2.53. The first-order chi connectivity index (χ1) is 18.6. The van der Waals surface area contributed by atoms with E-state index in [1.54, 1.807) is 42.5 Å². The molecule has 3 rings (SSSR count). The third kappa shape index (κ3) is 8.04. The van der Waals surface area contributed by atoms with Gasteiger partial charge in [0.2, 0.25) is 11.8 Å². The van der Waals surface area contributed by atoms with Crippen molar-refractivity contribution < 1.29 is 18.0 Å². The van der Waals surface area contributed by atoms with Gasteiger partial charge in [-0.25, -0.2) is 8.42 Å². The van der Waals surface area contributed by atoms with E-state index in [0.29, 0.717) is 12.1 Å². The molecular formula is C30H36IN3O4S. The summed E-state index contributed by atoms with van der Waals surface area (Å²) in [5.41, 5.74) is 2.27. The van der Waals surface area contributed by atoms with Gasteiger partial charge in [0.1, 0.15) is 12.6 Å². The Morgan fingerprint density at radius 3 is 2.18 bits per heavy atom. The Morgan fingerprint density at radius 1 is 0.923 bits per heavy atom. The molecule has 0 radical (unpaired) electrons. The van der Waals surface area contributed by atoms with Crippen LogP contribution in [0.3, 0.4) is 0 Å². The van der Waals surface area contributed by atoms with Crippen molar-refractivity contribution >= 4 is 50.1 Å². The second kappa shape index (κ2) is 13.9. The maximum Gasteiger partial charge on any atom is 0.264 e. The van der Waals surface area contributed by atoms with Crippen LogP contribution in [0.2, 0.25) is 0 Å². The van der Waals surface area contributed by atoms with Crippen LogP contribution in [0.5, 0.6) is 0 Å². The molecule has 0 heterocycles. The van der Waals surface area contributed by atoms with E-state index in [1.165, 1.54) is 17.0 Å². The average molecular weight is 662 g/mol. The lowest BCUT2D eigenvalue weighted by molar-refractivity contribution is -0.140. The normalized spacial score (nSPS) is 12.8. The average Bonchev–Trinajstić information content (AvgIpc) is 2.92. The third-order valence-corrected chi connectivity index (χ3v) is 9.05. The molecule has 39 heavy (non-hydrogen) atoms. The lowest BCUT2D eigenvalue weighted by atomic mass is 10.1. The number of nitrogens with one attached hydrogen (secondary N) is 1. The predicted molar refractivity (Wildman–Crippen MR) is 164 cm³/mol. The number of hydrogen-bond donors (Lipinski definition) is 1. The van der Waals surface area contributed by atoms with Crippen molar-refractivity contribution in [2.45, 2.75) is 64.1 Å². The molecule has 0 aliphatic carbocycles. The molecule has 3 aromatic rings. The van der Waals surface area contributed by atoms with Crippen LogP contribution >= 0.6 is 22.6 Å². The molecule has 0 saturated carbocycles. The highest BCUT2D eigenvalue weighted by atomic mass is 127. The highest BCUT2D eigenvalue weighted by molar-refractivity contribution is 14.1. The second-order valence-corrected chi connectivity index (χ2v) is 12.7. The molecule has 2 amide bonds. The molecule has 3 aromatic carbocycles. The van der Waals surface area contributed by atoms with E-state index in [-0.39, 0.29) is 23.4 Å². The monoisotopic (exact) mass is 661 g/mol. The van der Waals surface area contributed by atoms with Crippen molar-refractivity contribution in [3.05, 3.63) is 93.6 Å². The fourth-order valence-corrected chi connectivity index (χ4v) is 6.02. The van der Waals surface area contributed by atoms with Gasteiger partial charge in [0.25, 0.3) is 10.0 Å². The number of sulfonamides is 1. The van der Waals surface area contributed by atoms with E-state index in [1.807, 2.05) is 52.0 Å². The summed E-state index contributed by atoms with van der Waals surface area (Å²) in [4.78, 5) is 29.0. The minimum Gasteiger partial charge on any atom is -0.352 e. The van der Waals surface area contributed by atoms with Crippen LogP contribution < -0.4 is 9.62 Å². The van der Waals surface area contributed by atoms with Gasteiger partial charge >= 0.3 is 0 Å². The minimum atomic E-state index is -4.07. The van der Waals surface area contributed by atoms with Crippen LogP contribution in [-0.4, -0.2) is 43.8 Å². The molecule has 208 valence electrons. The molecule has 0 aliphatic heterocycles. The van der Waals surface area contributed by atoms with E-state index in [2.05, 4.69) is 27.9 Å². The highest BCUT2D eigenvalue weighted by Crippen LogP contribution is 2.25. The number of anilines is 1. The number of nitrogens with zero attached hydrogens (tertiary/aromatic N) is 2. The molecular weight excluding hydrogens is 625 g/mol. The number of halogens is 1. The van der Waals surface area contributed by atoms with Gasteiger partial charge in [-0.05, 0) is 91.2 Å². The lowest BCUT2D eigenvalue weighted by Gasteiger charge is -2.33. The fraction of sp³-hybridized carbons (Fsp3) is 0.333. The zero-order valence-electron chi connectivity index (χ0n) is 22.8. The summed E-state index contributed by atoms with van der Waals surface area (Å²) in [5.74, 6) is -0.708. The molecule has 0 aromatic heterocycles. The van der Waals surface area contributed by atoms with Crippen molar-refractivity contribution in [3.63, 3.8) is 0 Å². The molecule has 0 saturated heterocycles. The summed E-state index contributed by atoms with van der Waals surface area (Å²) in [6, 6.07) is 22.0. The summed E-state index contributed by atoms with van der Waals surface area (Å²) < 4.78 is 29.7. The molecule has 1 N–H and O–H groups in total. The zero-order chi connectivity index (χ0) is 28.6. The van der Waals surface area contributed by atoms with Gasteiger partial charge in [0, 0.05) is 16.2 Å². The largest absolute Gasteiger partial charge is 0.352 e. The summed E-state index contributed by atoms with van der Waals surface area (Å²) in [5, 5.41) is 2.99. The molecule has 0 bridgehead atoms. The standard InChI is InChI=1S/C30H36IN3O4S/c1-5-23(4)32-30(36)28(6-2)33(20-24-12-10-11-22(3)19-24)29(35)21-34(26-17-15-25(31)16-18-26)39(37,38)27-13-8-7-9-14-27/h7-19,23,28H,5-6,20-21H2,1-4H3,(H,32,36). The quantitative estimate of drug-likeness (QED) is 0.259. The van der Waals surface area contributed by atoms with Crippen LogP contribution in [0.25, 0.3) is 0 Å². The SMILES string of the molecule is CCC(C)NC(=O)C(CC)N(Cc1cccc(C)c1)C(=O)CN(c1ccc(I)cc1)S(=O)(=O)c1ccccc1. The Kier molecular flexibility index (Phi) is 10.9. The van der Waals surface area contributed by atoms with Crippen LogP contribution in [0, 0.1) is 10.5 Å². The Morgan fingerprint density at radius 2 is 1.59 bits per heavy atom. The number of aryl methyl sites for hydroxylation is 1.